The van der Waals surface area contributed by atoms with Gasteiger partial charge in [0.05, 0.1) is 47.3 Å². The molecule has 264 valence electrons. The van der Waals surface area contributed by atoms with E-state index in [1.54, 1.807) is 14.2 Å². The van der Waals surface area contributed by atoms with E-state index >= 15 is 0 Å². The third kappa shape index (κ3) is 9.91. The van der Waals surface area contributed by atoms with Gasteiger partial charge in [-0.2, -0.15) is 0 Å². The van der Waals surface area contributed by atoms with E-state index in [-0.39, 0.29) is 38.8 Å². The summed E-state index contributed by atoms with van der Waals surface area (Å²) < 4.78 is 43.8. The van der Waals surface area contributed by atoms with Crippen molar-refractivity contribution in [3.8, 4) is 11.5 Å². The molecule has 0 aliphatic heterocycles. The number of hydrogen-bond donors (Lipinski definition) is 0. The van der Waals surface area contributed by atoms with Crippen LogP contribution in [0.5, 0.6) is 11.5 Å². The lowest BCUT2D eigenvalue weighted by Crippen LogP contribution is -2.65. The number of ether oxygens (including phenoxy) is 7. The molecule has 1 aliphatic carbocycles. The number of carbonyl (C=O) groups is 1. The SMILES string of the molecule is COc1ccc(COC2[C@H](OCc3ccccc3)[C@H](OCc3ccccc3)C(=O)[C@H](OCc3ccc(OC)cc3)[C@H]2OCc2ccccc2)cc1. The van der Waals surface area contributed by atoms with Gasteiger partial charge in [0.15, 0.2) is 5.78 Å². The summed E-state index contributed by atoms with van der Waals surface area (Å²) >= 11 is 0. The summed E-state index contributed by atoms with van der Waals surface area (Å²) in [5, 5.41) is 0. The van der Waals surface area contributed by atoms with Gasteiger partial charge < -0.3 is 33.2 Å². The largest absolute Gasteiger partial charge is 0.497 e. The number of benzene rings is 5. The van der Waals surface area contributed by atoms with Gasteiger partial charge in [0.1, 0.15) is 42.0 Å². The van der Waals surface area contributed by atoms with Crippen LogP contribution in [0.4, 0.5) is 0 Å². The molecule has 6 rings (SSSR count). The second-order valence-electron chi connectivity index (χ2n) is 12.3. The summed E-state index contributed by atoms with van der Waals surface area (Å²) in [6.45, 7) is 1.08. The molecule has 0 saturated heterocycles. The molecule has 0 heterocycles. The molecule has 0 aromatic heterocycles. The van der Waals surface area contributed by atoms with Crippen LogP contribution in [-0.2, 0) is 61.5 Å². The monoisotopic (exact) mass is 688 g/mol. The van der Waals surface area contributed by atoms with E-state index in [1.165, 1.54) is 0 Å². The number of Topliss-reactive ketones (excluding diaryl/α,β-unsaturated/α-hetero) is 1. The number of methoxy groups -OCH3 is 2. The molecule has 5 aromatic carbocycles. The molecule has 1 aliphatic rings. The Morgan fingerprint density at radius 2 is 0.667 bits per heavy atom. The highest BCUT2D eigenvalue weighted by molar-refractivity contribution is 5.90. The van der Waals surface area contributed by atoms with Crippen molar-refractivity contribution in [2.24, 2.45) is 0 Å². The molecule has 8 nitrogen and oxygen atoms in total. The molecule has 51 heavy (non-hydrogen) atoms. The molecule has 0 N–H and O–H groups in total. The highest BCUT2D eigenvalue weighted by Gasteiger charge is 2.54. The fourth-order valence-electron chi connectivity index (χ4n) is 6.04. The van der Waals surface area contributed by atoms with Crippen LogP contribution in [0.2, 0.25) is 0 Å². The van der Waals surface area contributed by atoms with Gasteiger partial charge in [0, 0.05) is 0 Å². The molecule has 8 heteroatoms. The average Bonchev–Trinajstić information content (AvgIpc) is 3.19. The first-order chi connectivity index (χ1) is 25.1. The lowest BCUT2D eigenvalue weighted by Gasteiger charge is -2.44. The molecule has 0 spiro atoms. The van der Waals surface area contributed by atoms with Crippen molar-refractivity contribution in [3.63, 3.8) is 0 Å². The van der Waals surface area contributed by atoms with Crippen LogP contribution in [0.25, 0.3) is 0 Å². The second kappa shape index (κ2) is 18.4. The van der Waals surface area contributed by atoms with Crippen LogP contribution >= 0.6 is 0 Å². The molecular weight excluding hydrogens is 644 g/mol. The lowest BCUT2D eigenvalue weighted by atomic mass is 9.85. The number of carbonyl (C=O) groups excluding carboxylic acids is 1. The van der Waals surface area contributed by atoms with E-state index in [2.05, 4.69) is 0 Å². The van der Waals surface area contributed by atoms with Crippen molar-refractivity contribution < 1.29 is 38.0 Å². The van der Waals surface area contributed by atoms with Gasteiger partial charge >= 0.3 is 0 Å². The Kier molecular flexibility index (Phi) is 13.0. The standard InChI is InChI=1S/C43H44O8/c1-45-36-22-18-34(19-23-36)29-48-40-38(44)39(47-26-31-12-6-3-7-13-31)41(49-27-32-14-8-4-9-15-32)43(42(40)50-28-33-16-10-5-11-17-33)51-30-35-20-24-37(46-2)25-21-35/h3-25,39-43H,26-30H2,1-2H3/t39-,40+,41-,42-,43?/m1/s1. The number of hydrogen-bond acceptors (Lipinski definition) is 8. The first-order valence-corrected chi connectivity index (χ1v) is 17.1. The summed E-state index contributed by atoms with van der Waals surface area (Å²) in [7, 11) is 3.26. The van der Waals surface area contributed by atoms with Gasteiger partial charge in [-0.15, -0.1) is 0 Å². The summed E-state index contributed by atoms with van der Waals surface area (Å²) in [5.41, 5.74) is 4.65. The predicted molar refractivity (Wildman–Crippen MR) is 193 cm³/mol. The minimum atomic E-state index is -1.02. The Hall–Kier alpha value is -4.83. The fourth-order valence-corrected chi connectivity index (χ4v) is 6.04. The second-order valence-corrected chi connectivity index (χ2v) is 12.3. The van der Waals surface area contributed by atoms with E-state index in [0.717, 1.165) is 39.3 Å². The zero-order chi connectivity index (χ0) is 35.3. The van der Waals surface area contributed by atoms with Crippen molar-refractivity contribution in [3.05, 3.63) is 167 Å². The summed E-state index contributed by atoms with van der Waals surface area (Å²) in [4.78, 5) is 14.7. The van der Waals surface area contributed by atoms with Crippen LogP contribution in [0.15, 0.2) is 140 Å². The third-order valence-corrected chi connectivity index (χ3v) is 8.84. The Labute approximate surface area is 299 Å². The fraction of sp³-hybridized carbons (Fsp3) is 0.279. The summed E-state index contributed by atoms with van der Waals surface area (Å²) in [6.07, 6.45) is -4.42. The first-order valence-electron chi connectivity index (χ1n) is 17.1. The summed E-state index contributed by atoms with van der Waals surface area (Å²) in [5.74, 6) is 1.22. The molecular formula is C43H44O8. The van der Waals surface area contributed by atoms with Crippen molar-refractivity contribution >= 4 is 5.78 Å². The summed E-state index contributed by atoms with van der Waals surface area (Å²) in [6, 6.07) is 44.7. The third-order valence-electron chi connectivity index (χ3n) is 8.84. The Balaban J connectivity index is 1.35. The number of rotatable bonds is 17. The lowest BCUT2D eigenvalue weighted by molar-refractivity contribution is -0.238. The Morgan fingerprint density at radius 3 is 1.00 bits per heavy atom. The molecule has 1 saturated carbocycles. The Morgan fingerprint density at radius 1 is 0.373 bits per heavy atom. The van der Waals surface area contributed by atoms with Gasteiger partial charge in [-0.05, 0) is 52.1 Å². The highest BCUT2D eigenvalue weighted by Crippen LogP contribution is 2.33. The Bertz CT molecular complexity index is 1750. The molecule has 0 radical (unpaired) electrons. The predicted octanol–water partition coefficient (Wildman–Crippen LogP) is 7.51. The topological polar surface area (TPSA) is 81.7 Å². The van der Waals surface area contributed by atoms with Crippen LogP contribution in [-0.4, -0.2) is 50.5 Å². The van der Waals surface area contributed by atoms with Crippen molar-refractivity contribution in [1.82, 2.24) is 0 Å². The highest BCUT2D eigenvalue weighted by atomic mass is 16.6. The maximum absolute atomic E-state index is 14.7. The van der Waals surface area contributed by atoms with Crippen LogP contribution < -0.4 is 9.47 Å². The molecule has 0 bridgehead atoms. The van der Waals surface area contributed by atoms with Gasteiger partial charge in [0.25, 0.3) is 0 Å². The van der Waals surface area contributed by atoms with Crippen molar-refractivity contribution in [1.29, 1.82) is 0 Å². The van der Waals surface area contributed by atoms with Crippen molar-refractivity contribution in [2.45, 2.75) is 63.6 Å². The normalized spacial score (nSPS) is 20.2. The zero-order valence-electron chi connectivity index (χ0n) is 29.0. The molecule has 5 atom stereocenters. The molecule has 1 unspecified atom stereocenters. The minimum absolute atomic E-state index is 0.164. The van der Waals surface area contributed by atoms with E-state index in [1.807, 2.05) is 140 Å². The van der Waals surface area contributed by atoms with Crippen LogP contribution in [0, 0.1) is 0 Å². The van der Waals surface area contributed by atoms with E-state index < -0.39 is 30.5 Å². The van der Waals surface area contributed by atoms with Gasteiger partial charge in [-0.3, -0.25) is 4.79 Å². The zero-order valence-corrected chi connectivity index (χ0v) is 29.0. The van der Waals surface area contributed by atoms with E-state index in [9.17, 15) is 4.79 Å². The van der Waals surface area contributed by atoms with E-state index in [4.69, 9.17) is 33.2 Å². The van der Waals surface area contributed by atoms with Crippen molar-refractivity contribution in [2.75, 3.05) is 14.2 Å². The maximum Gasteiger partial charge on any atom is 0.195 e. The van der Waals surface area contributed by atoms with E-state index in [0.29, 0.717) is 0 Å². The first kappa shape index (κ1) is 36.0. The maximum atomic E-state index is 14.7. The van der Waals surface area contributed by atoms with Gasteiger partial charge in [0.2, 0.25) is 0 Å². The van der Waals surface area contributed by atoms with Crippen LogP contribution in [0.1, 0.15) is 27.8 Å². The van der Waals surface area contributed by atoms with Gasteiger partial charge in [-0.25, -0.2) is 0 Å². The average molecular weight is 689 g/mol. The quantitative estimate of drug-likeness (QED) is 0.0993. The number of ketones is 1. The van der Waals surface area contributed by atoms with Crippen LogP contribution in [0.3, 0.4) is 0 Å². The molecule has 0 amide bonds. The van der Waals surface area contributed by atoms with Gasteiger partial charge in [-0.1, -0.05) is 115 Å². The minimum Gasteiger partial charge on any atom is -0.497 e. The molecule has 1 fully saturated rings. The molecule has 5 aromatic rings. The smallest absolute Gasteiger partial charge is 0.195 e.